The van der Waals surface area contributed by atoms with Crippen molar-refractivity contribution in [3.8, 4) is 0 Å². The molecule has 1 aliphatic rings. The normalized spacial score (nSPS) is 21.9. The average molecular weight is 248 g/mol. The summed E-state index contributed by atoms with van der Waals surface area (Å²) in [6, 6.07) is 9.29. The summed E-state index contributed by atoms with van der Waals surface area (Å²) in [4.78, 5) is 2.42. The zero-order valence-corrected chi connectivity index (χ0v) is 11.6. The van der Waals surface area contributed by atoms with Gasteiger partial charge in [0.05, 0.1) is 12.7 Å². The van der Waals surface area contributed by atoms with Gasteiger partial charge in [-0.1, -0.05) is 19.1 Å². The second kappa shape index (κ2) is 6.21. The van der Waals surface area contributed by atoms with Gasteiger partial charge in [0.15, 0.2) is 0 Å². The Morgan fingerprint density at radius 2 is 2.11 bits per heavy atom. The maximum atomic E-state index is 5.71. The van der Waals surface area contributed by atoms with Gasteiger partial charge >= 0.3 is 0 Å². The first-order valence-electron chi connectivity index (χ1n) is 6.88. The molecule has 1 N–H and O–H groups in total. The molecular weight excluding hydrogens is 224 g/mol. The van der Waals surface area contributed by atoms with Crippen molar-refractivity contribution in [2.24, 2.45) is 0 Å². The minimum absolute atomic E-state index is 0.384. The molecular formula is C15H24N2O. The Bertz CT molecular complexity index is 363. The van der Waals surface area contributed by atoms with Crippen LogP contribution in [0.1, 0.15) is 31.9 Å². The second-order valence-corrected chi connectivity index (χ2v) is 4.95. The van der Waals surface area contributed by atoms with Crippen LogP contribution in [0, 0.1) is 0 Å². The van der Waals surface area contributed by atoms with Gasteiger partial charge in [-0.2, -0.15) is 0 Å². The van der Waals surface area contributed by atoms with Gasteiger partial charge < -0.3 is 15.0 Å². The number of hydrogen-bond acceptors (Lipinski definition) is 3. The predicted molar refractivity (Wildman–Crippen MR) is 76.2 cm³/mol. The van der Waals surface area contributed by atoms with E-state index in [1.54, 1.807) is 0 Å². The van der Waals surface area contributed by atoms with Gasteiger partial charge in [-0.05, 0) is 38.1 Å². The van der Waals surface area contributed by atoms with Crippen molar-refractivity contribution in [3.05, 3.63) is 29.8 Å². The maximum absolute atomic E-state index is 5.71. The van der Waals surface area contributed by atoms with Crippen molar-refractivity contribution in [2.45, 2.75) is 32.4 Å². The highest BCUT2D eigenvalue weighted by molar-refractivity contribution is 5.48. The number of hydrogen-bond donors (Lipinski definition) is 1. The summed E-state index contributed by atoms with van der Waals surface area (Å²) in [5.74, 6) is 0. The fourth-order valence-electron chi connectivity index (χ4n) is 2.34. The van der Waals surface area contributed by atoms with Crippen molar-refractivity contribution < 1.29 is 4.74 Å². The summed E-state index contributed by atoms with van der Waals surface area (Å²) in [5, 5.41) is 3.26. The molecule has 18 heavy (non-hydrogen) atoms. The quantitative estimate of drug-likeness (QED) is 0.886. The smallest absolute Gasteiger partial charge is 0.0748 e. The molecule has 100 valence electrons. The van der Waals surface area contributed by atoms with E-state index >= 15 is 0 Å². The lowest BCUT2D eigenvalue weighted by Crippen LogP contribution is -2.42. The van der Waals surface area contributed by atoms with Crippen LogP contribution in [0.5, 0.6) is 0 Å². The lowest BCUT2D eigenvalue weighted by molar-refractivity contribution is 0.0384. The van der Waals surface area contributed by atoms with E-state index < -0.39 is 0 Å². The van der Waals surface area contributed by atoms with Crippen molar-refractivity contribution in [1.29, 1.82) is 0 Å². The van der Waals surface area contributed by atoms with E-state index in [9.17, 15) is 0 Å². The van der Waals surface area contributed by atoms with Crippen LogP contribution in [0.15, 0.2) is 24.3 Å². The van der Waals surface area contributed by atoms with Gasteiger partial charge in [-0.15, -0.1) is 0 Å². The molecule has 0 bridgehead atoms. The fourth-order valence-corrected chi connectivity index (χ4v) is 2.34. The van der Waals surface area contributed by atoms with Crippen LogP contribution in [0.25, 0.3) is 0 Å². The molecule has 1 aromatic carbocycles. The number of nitrogens with one attached hydrogen (secondary N) is 1. The molecule has 2 rings (SSSR count). The summed E-state index contributed by atoms with van der Waals surface area (Å²) < 4.78 is 5.71. The van der Waals surface area contributed by atoms with Crippen molar-refractivity contribution in [2.75, 3.05) is 31.6 Å². The van der Waals surface area contributed by atoms with Gasteiger partial charge in [0.1, 0.15) is 0 Å². The molecule has 1 heterocycles. The molecule has 0 radical (unpaired) electrons. The minimum Gasteiger partial charge on any atom is -0.375 e. The molecule has 3 heteroatoms. The summed E-state index contributed by atoms with van der Waals surface area (Å²) in [7, 11) is 1.99. The summed E-state index contributed by atoms with van der Waals surface area (Å²) in [6.07, 6.45) is 1.47. The summed E-state index contributed by atoms with van der Waals surface area (Å²) >= 11 is 0. The number of morpholine rings is 1. The SMILES string of the molecule is CCC1CN(c2ccc(C(C)NC)cc2)CCO1. The molecule has 0 aromatic heterocycles. The Hall–Kier alpha value is -1.06. The van der Waals surface area contributed by atoms with Gasteiger partial charge in [-0.3, -0.25) is 0 Å². The maximum Gasteiger partial charge on any atom is 0.0748 e. The Balaban J connectivity index is 2.04. The Kier molecular flexibility index (Phi) is 4.61. The molecule has 2 unspecified atom stereocenters. The number of benzene rings is 1. The average Bonchev–Trinajstić information content (AvgIpc) is 2.46. The Labute approximate surface area is 110 Å². The Morgan fingerprint density at radius 3 is 2.72 bits per heavy atom. The third-order valence-corrected chi connectivity index (χ3v) is 3.79. The zero-order valence-electron chi connectivity index (χ0n) is 11.6. The molecule has 0 spiro atoms. The topological polar surface area (TPSA) is 24.5 Å². The predicted octanol–water partition coefficient (Wildman–Crippen LogP) is 2.58. The monoisotopic (exact) mass is 248 g/mol. The van der Waals surface area contributed by atoms with Crippen LogP contribution in [0.4, 0.5) is 5.69 Å². The molecule has 1 saturated heterocycles. The zero-order chi connectivity index (χ0) is 13.0. The first kappa shape index (κ1) is 13.4. The third kappa shape index (κ3) is 3.03. The van der Waals surface area contributed by atoms with Crippen LogP contribution in [-0.2, 0) is 4.74 Å². The highest BCUT2D eigenvalue weighted by Gasteiger charge is 2.19. The fraction of sp³-hybridized carbons (Fsp3) is 0.600. The lowest BCUT2D eigenvalue weighted by atomic mass is 10.1. The van der Waals surface area contributed by atoms with E-state index in [2.05, 4.69) is 48.3 Å². The van der Waals surface area contributed by atoms with Crippen molar-refractivity contribution in [1.82, 2.24) is 5.32 Å². The molecule has 1 aromatic rings. The summed E-state index contributed by atoms with van der Waals surface area (Å²) in [5.41, 5.74) is 2.64. The van der Waals surface area contributed by atoms with E-state index in [1.807, 2.05) is 7.05 Å². The van der Waals surface area contributed by atoms with Crippen molar-refractivity contribution in [3.63, 3.8) is 0 Å². The highest BCUT2D eigenvalue weighted by atomic mass is 16.5. The van der Waals surface area contributed by atoms with Crippen LogP contribution < -0.4 is 10.2 Å². The minimum atomic E-state index is 0.384. The van der Waals surface area contributed by atoms with Crippen LogP contribution in [0.2, 0.25) is 0 Å². The van der Waals surface area contributed by atoms with Gasteiger partial charge in [0.25, 0.3) is 0 Å². The molecule has 2 atom stereocenters. The molecule has 1 aliphatic heterocycles. The molecule has 3 nitrogen and oxygen atoms in total. The first-order valence-corrected chi connectivity index (χ1v) is 6.88. The van der Waals surface area contributed by atoms with E-state index in [0.29, 0.717) is 12.1 Å². The van der Waals surface area contributed by atoms with E-state index in [0.717, 1.165) is 26.1 Å². The third-order valence-electron chi connectivity index (χ3n) is 3.79. The molecule has 1 fully saturated rings. The van der Waals surface area contributed by atoms with Crippen LogP contribution in [-0.4, -0.2) is 32.8 Å². The van der Waals surface area contributed by atoms with Gasteiger partial charge in [0.2, 0.25) is 0 Å². The standard InChI is InChI=1S/C15H24N2O/c1-4-15-11-17(9-10-18-15)14-7-5-13(6-8-14)12(2)16-3/h5-8,12,15-16H,4,9-11H2,1-3H3. The lowest BCUT2D eigenvalue weighted by Gasteiger charge is -2.34. The van der Waals surface area contributed by atoms with Gasteiger partial charge in [0, 0.05) is 24.8 Å². The van der Waals surface area contributed by atoms with E-state index in [-0.39, 0.29) is 0 Å². The molecule has 0 saturated carbocycles. The molecule has 0 aliphatic carbocycles. The number of rotatable bonds is 4. The number of nitrogens with zero attached hydrogens (tertiary/aromatic N) is 1. The van der Waals surface area contributed by atoms with Gasteiger partial charge in [-0.25, -0.2) is 0 Å². The van der Waals surface area contributed by atoms with E-state index in [4.69, 9.17) is 4.74 Å². The second-order valence-electron chi connectivity index (χ2n) is 4.95. The van der Waals surface area contributed by atoms with Crippen molar-refractivity contribution >= 4 is 5.69 Å². The highest BCUT2D eigenvalue weighted by Crippen LogP contribution is 2.21. The molecule has 0 amide bonds. The largest absolute Gasteiger partial charge is 0.375 e. The summed E-state index contributed by atoms with van der Waals surface area (Å²) in [6.45, 7) is 7.21. The van der Waals surface area contributed by atoms with Crippen LogP contribution in [0.3, 0.4) is 0 Å². The number of anilines is 1. The van der Waals surface area contributed by atoms with Crippen LogP contribution >= 0.6 is 0 Å². The first-order chi connectivity index (χ1) is 8.74. The Morgan fingerprint density at radius 1 is 1.39 bits per heavy atom. The number of ether oxygens (including phenoxy) is 1. The van der Waals surface area contributed by atoms with E-state index in [1.165, 1.54) is 11.3 Å².